The Bertz CT molecular complexity index is 1080. The third-order valence-corrected chi connectivity index (χ3v) is 5.40. The van der Waals surface area contributed by atoms with Crippen molar-refractivity contribution in [2.75, 3.05) is 26.3 Å². The fourth-order valence-electron chi connectivity index (χ4n) is 3.61. The second-order valence-corrected chi connectivity index (χ2v) is 7.68. The van der Waals surface area contributed by atoms with Crippen LogP contribution in [0.2, 0.25) is 5.02 Å². The second-order valence-electron chi connectivity index (χ2n) is 7.24. The van der Waals surface area contributed by atoms with E-state index in [0.717, 1.165) is 11.0 Å². The van der Waals surface area contributed by atoms with E-state index in [1.54, 1.807) is 29.2 Å². The highest BCUT2D eigenvalue weighted by atomic mass is 35.5. The van der Waals surface area contributed by atoms with Crippen molar-refractivity contribution in [2.24, 2.45) is 0 Å². The van der Waals surface area contributed by atoms with Crippen molar-refractivity contribution in [3.63, 3.8) is 0 Å². The molecular formula is C22H23ClN4O3. The third kappa shape index (κ3) is 4.32. The number of carbonyl (C=O) groups excluding carboxylic acids is 2. The van der Waals surface area contributed by atoms with Gasteiger partial charge in [0.1, 0.15) is 12.4 Å². The van der Waals surface area contributed by atoms with Gasteiger partial charge >= 0.3 is 0 Å². The first kappa shape index (κ1) is 20.4. The third-order valence-electron chi connectivity index (χ3n) is 5.16. The summed E-state index contributed by atoms with van der Waals surface area (Å²) in [6.07, 6.45) is 0. The summed E-state index contributed by atoms with van der Waals surface area (Å²) in [5.74, 6) is 0.396. The van der Waals surface area contributed by atoms with E-state index in [4.69, 9.17) is 21.3 Å². The Morgan fingerprint density at radius 1 is 1.17 bits per heavy atom. The predicted octanol–water partition coefficient (Wildman–Crippen LogP) is 3.04. The number of nitrogens with one attached hydrogen (secondary N) is 1. The Hall–Kier alpha value is -2.90. The van der Waals surface area contributed by atoms with E-state index >= 15 is 0 Å². The van der Waals surface area contributed by atoms with E-state index in [1.165, 1.54) is 0 Å². The summed E-state index contributed by atoms with van der Waals surface area (Å²) in [7, 11) is 0. The molecule has 1 N–H and O–H groups in total. The maximum atomic E-state index is 12.9. The molecule has 0 aliphatic carbocycles. The number of nitrogens with zero attached hydrogens (tertiary/aromatic N) is 3. The van der Waals surface area contributed by atoms with Crippen molar-refractivity contribution in [1.29, 1.82) is 0 Å². The summed E-state index contributed by atoms with van der Waals surface area (Å²) in [5.41, 5.74) is 2.12. The molecule has 0 bridgehead atoms. The summed E-state index contributed by atoms with van der Waals surface area (Å²) in [6.45, 7) is 4.29. The highest BCUT2D eigenvalue weighted by Crippen LogP contribution is 2.22. The molecule has 1 atom stereocenters. The summed E-state index contributed by atoms with van der Waals surface area (Å²) < 4.78 is 7.23. The topological polar surface area (TPSA) is 76.5 Å². The molecule has 0 radical (unpaired) electrons. The molecule has 30 heavy (non-hydrogen) atoms. The van der Waals surface area contributed by atoms with E-state index < -0.39 is 6.04 Å². The molecule has 2 heterocycles. The zero-order valence-corrected chi connectivity index (χ0v) is 17.4. The van der Waals surface area contributed by atoms with Crippen molar-refractivity contribution < 1.29 is 14.3 Å². The lowest BCUT2D eigenvalue weighted by Crippen LogP contribution is -2.42. The minimum absolute atomic E-state index is 0.0103. The number of ether oxygens (including phenoxy) is 1. The molecule has 2 aromatic carbocycles. The molecule has 3 aromatic rings. The second kappa shape index (κ2) is 8.85. The monoisotopic (exact) mass is 426 g/mol. The number of carbonyl (C=O) groups is 2. The smallest absolute Gasteiger partial charge is 0.251 e. The first-order valence-corrected chi connectivity index (χ1v) is 10.3. The van der Waals surface area contributed by atoms with Gasteiger partial charge in [-0.1, -0.05) is 29.8 Å². The predicted molar refractivity (Wildman–Crippen MR) is 114 cm³/mol. The first-order valence-electron chi connectivity index (χ1n) is 9.90. The molecule has 0 saturated carbocycles. The number of amides is 2. The zero-order valence-electron chi connectivity index (χ0n) is 16.7. The molecule has 1 aliphatic rings. The highest BCUT2D eigenvalue weighted by Gasteiger charge is 2.23. The van der Waals surface area contributed by atoms with Gasteiger partial charge in [0.15, 0.2) is 0 Å². The number of fused-ring (bicyclic) bond motifs is 1. The van der Waals surface area contributed by atoms with Gasteiger partial charge in [0, 0.05) is 23.7 Å². The largest absolute Gasteiger partial charge is 0.378 e. The Morgan fingerprint density at radius 3 is 2.70 bits per heavy atom. The van der Waals surface area contributed by atoms with Gasteiger partial charge in [0.2, 0.25) is 5.91 Å². The number of morpholine rings is 1. The molecule has 1 aliphatic heterocycles. The van der Waals surface area contributed by atoms with Crippen LogP contribution in [0.3, 0.4) is 0 Å². The van der Waals surface area contributed by atoms with Crippen molar-refractivity contribution >= 4 is 34.4 Å². The van der Waals surface area contributed by atoms with Crippen LogP contribution in [0.4, 0.5) is 0 Å². The van der Waals surface area contributed by atoms with Gasteiger partial charge in [-0.15, -0.1) is 0 Å². The quantitative estimate of drug-likeness (QED) is 0.680. The fourth-order valence-corrected chi connectivity index (χ4v) is 3.80. The van der Waals surface area contributed by atoms with Gasteiger partial charge < -0.3 is 19.5 Å². The summed E-state index contributed by atoms with van der Waals surface area (Å²) in [6, 6.07) is 14.0. The number of hydrogen-bond acceptors (Lipinski definition) is 4. The number of rotatable bonds is 5. The Morgan fingerprint density at radius 2 is 1.93 bits per heavy atom. The average molecular weight is 427 g/mol. The number of aromatic nitrogens is 2. The minimum atomic E-state index is -0.402. The van der Waals surface area contributed by atoms with E-state index in [1.807, 2.05) is 35.8 Å². The van der Waals surface area contributed by atoms with Gasteiger partial charge in [0.05, 0.1) is 30.3 Å². The molecule has 1 fully saturated rings. The van der Waals surface area contributed by atoms with Crippen molar-refractivity contribution in [3.8, 4) is 0 Å². The van der Waals surface area contributed by atoms with Crippen LogP contribution in [0.25, 0.3) is 11.0 Å². The van der Waals surface area contributed by atoms with Crippen molar-refractivity contribution in [3.05, 3.63) is 64.9 Å². The van der Waals surface area contributed by atoms with Crippen LogP contribution < -0.4 is 5.32 Å². The van der Waals surface area contributed by atoms with Gasteiger partial charge in [-0.3, -0.25) is 9.59 Å². The van der Waals surface area contributed by atoms with Crippen LogP contribution in [0.1, 0.15) is 29.1 Å². The molecule has 1 saturated heterocycles. The lowest BCUT2D eigenvalue weighted by atomic mass is 10.2. The number of halogens is 1. The Balaban J connectivity index is 1.60. The van der Waals surface area contributed by atoms with Gasteiger partial charge in [-0.05, 0) is 37.3 Å². The summed E-state index contributed by atoms with van der Waals surface area (Å²) >= 11 is 6.00. The molecule has 7 nitrogen and oxygen atoms in total. The van der Waals surface area contributed by atoms with Crippen LogP contribution in [-0.4, -0.2) is 52.6 Å². The lowest BCUT2D eigenvalue weighted by Gasteiger charge is -2.27. The Labute approximate surface area is 179 Å². The molecule has 156 valence electrons. The van der Waals surface area contributed by atoms with Gasteiger partial charge in [0.25, 0.3) is 5.91 Å². The summed E-state index contributed by atoms with van der Waals surface area (Å²) in [5, 5.41) is 3.47. The molecular weight excluding hydrogens is 404 g/mol. The van der Waals surface area contributed by atoms with E-state index in [2.05, 4.69) is 5.32 Å². The SMILES string of the molecule is CC(NC(=O)c1cccc(Cl)c1)c1nc2ccccc2n1CC(=O)N1CCOCC1. The minimum Gasteiger partial charge on any atom is -0.378 e. The maximum absolute atomic E-state index is 12.9. The van der Waals surface area contributed by atoms with Gasteiger partial charge in [-0.2, -0.15) is 0 Å². The first-order chi connectivity index (χ1) is 14.5. The van der Waals surface area contributed by atoms with Crippen LogP contribution in [0.5, 0.6) is 0 Å². The zero-order chi connectivity index (χ0) is 21.1. The van der Waals surface area contributed by atoms with E-state index in [9.17, 15) is 9.59 Å². The van der Waals surface area contributed by atoms with Crippen LogP contribution in [0, 0.1) is 0 Å². The van der Waals surface area contributed by atoms with Crippen molar-refractivity contribution in [1.82, 2.24) is 19.8 Å². The number of para-hydroxylation sites is 2. The molecule has 2 amide bonds. The number of benzene rings is 2. The Kier molecular flexibility index (Phi) is 6.01. The highest BCUT2D eigenvalue weighted by molar-refractivity contribution is 6.30. The molecule has 1 unspecified atom stereocenters. The maximum Gasteiger partial charge on any atom is 0.251 e. The normalized spacial score (nSPS) is 15.2. The molecule has 8 heteroatoms. The molecule has 4 rings (SSSR count). The van der Waals surface area contributed by atoms with Crippen LogP contribution >= 0.6 is 11.6 Å². The molecule has 0 spiro atoms. The molecule has 1 aromatic heterocycles. The average Bonchev–Trinajstić information content (AvgIpc) is 3.13. The standard InChI is InChI=1S/C22H23ClN4O3/c1-15(24-22(29)16-5-4-6-17(23)13-16)21-25-18-7-2-3-8-19(18)27(21)14-20(28)26-9-11-30-12-10-26/h2-8,13,15H,9-12,14H2,1H3,(H,24,29). The van der Waals surface area contributed by atoms with Crippen LogP contribution in [0.15, 0.2) is 48.5 Å². The fraction of sp³-hybridized carbons (Fsp3) is 0.318. The van der Waals surface area contributed by atoms with Gasteiger partial charge in [-0.25, -0.2) is 4.98 Å². The number of imidazole rings is 1. The van der Waals surface area contributed by atoms with E-state index in [-0.39, 0.29) is 18.4 Å². The van der Waals surface area contributed by atoms with E-state index in [0.29, 0.717) is 42.7 Å². The summed E-state index contributed by atoms with van der Waals surface area (Å²) in [4.78, 5) is 32.1. The van der Waals surface area contributed by atoms with Crippen molar-refractivity contribution in [2.45, 2.75) is 19.5 Å². The lowest BCUT2D eigenvalue weighted by molar-refractivity contribution is -0.135. The number of hydrogen-bond donors (Lipinski definition) is 1. The van der Waals surface area contributed by atoms with Crippen LogP contribution in [-0.2, 0) is 16.1 Å².